The van der Waals surface area contributed by atoms with Crippen LogP contribution in [-0.2, 0) is 11.3 Å². The standard InChI is InChI=1S/C25H18Cl2O5/c1-14-9-18(31-13-16-5-8-19(26)20(27)10-16)12-21-23(14)24(28)22(32-21)11-15-3-6-17(7-4-15)25(29)30-2/h3-12H,13H2,1-2H3/b22-11-. The largest absolute Gasteiger partial charge is 0.489 e. The number of fused-ring (bicyclic) bond motifs is 1. The quantitative estimate of drug-likeness (QED) is 0.325. The second-order valence-electron chi connectivity index (χ2n) is 7.20. The van der Waals surface area contributed by atoms with Gasteiger partial charge in [0.05, 0.1) is 28.3 Å². The van der Waals surface area contributed by atoms with E-state index < -0.39 is 5.97 Å². The highest BCUT2D eigenvalue weighted by atomic mass is 35.5. The van der Waals surface area contributed by atoms with Gasteiger partial charge in [0.1, 0.15) is 18.1 Å². The smallest absolute Gasteiger partial charge is 0.337 e. The zero-order valence-electron chi connectivity index (χ0n) is 17.3. The molecular formula is C25H18Cl2O5. The Morgan fingerprint density at radius 2 is 1.78 bits per heavy atom. The number of allylic oxidation sites excluding steroid dienone is 1. The van der Waals surface area contributed by atoms with Crippen LogP contribution in [0.3, 0.4) is 0 Å². The number of benzene rings is 3. The van der Waals surface area contributed by atoms with Crippen LogP contribution in [0, 0.1) is 6.92 Å². The van der Waals surface area contributed by atoms with Gasteiger partial charge in [-0.05, 0) is 60.0 Å². The van der Waals surface area contributed by atoms with Crippen LogP contribution in [0.15, 0.2) is 60.4 Å². The fourth-order valence-electron chi connectivity index (χ4n) is 3.34. The molecule has 3 aromatic carbocycles. The van der Waals surface area contributed by atoms with E-state index in [4.69, 9.17) is 37.4 Å². The van der Waals surface area contributed by atoms with Crippen molar-refractivity contribution in [2.24, 2.45) is 0 Å². The molecule has 0 bridgehead atoms. The molecule has 0 unspecified atom stereocenters. The number of rotatable bonds is 5. The average molecular weight is 469 g/mol. The molecule has 0 aromatic heterocycles. The van der Waals surface area contributed by atoms with Crippen molar-refractivity contribution in [3.05, 3.63) is 98.2 Å². The second-order valence-corrected chi connectivity index (χ2v) is 8.02. The third-order valence-electron chi connectivity index (χ3n) is 4.96. The predicted molar refractivity (Wildman–Crippen MR) is 123 cm³/mol. The minimum atomic E-state index is -0.422. The molecule has 0 aliphatic carbocycles. The summed E-state index contributed by atoms with van der Waals surface area (Å²) in [6.45, 7) is 2.12. The van der Waals surface area contributed by atoms with Gasteiger partial charge in [0.25, 0.3) is 0 Å². The highest BCUT2D eigenvalue weighted by molar-refractivity contribution is 6.42. The van der Waals surface area contributed by atoms with E-state index in [0.717, 1.165) is 16.7 Å². The molecule has 0 amide bonds. The summed E-state index contributed by atoms with van der Waals surface area (Å²) < 4.78 is 16.4. The summed E-state index contributed by atoms with van der Waals surface area (Å²) in [6.07, 6.45) is 1.64. The van der Waals surface area contributed by atoms with E-state index in [9.17, 15) is 9.59 Å². The maximum Gasteiger partial charge on any atom is 0.337 e. The van der Waals surface area contributed by atoms with Crippen molar-refractivity contribution < 1.29 is 23.8 Å². The number of ketones is 1. The second kappa shape index (κ2) is 9.07. The summed E-state index contributed by atoms with van der Waals surface area (Å²) in [5.41, 5.74) is 3.27. The Kier molecular flexibility index (Phi) is 6.21. The lowest BCUT2D eigenvalue weighted by atomic mass is 10.0. The van der Waals surface area contributed by atoms with Gasteiger partial charge < -0.3 is 14.2 Å². The lowest BCUT2D eigenvalue weighted by Gasteiger charge is -2.10. The van der Waals surface area contributed by atoms with Gasteiger partial charge in [-0.2, -0.15) is 0 Å². The molecule has 0 atom stereocenters. The SMILES string of the molecule is COC(=O)c1ccc(/C=C2\Oc3cc(OCc4ccc(Cl)c(Cl)c4)cc(C)c3C2=O)cc1. The van der Waals surface area contributed by atoms with Crippen molar-refractivity contribution in [3.63, 3.8) is 0 Å². The molecule has 0 saturated heterocycles. The fourth-order valence-corrected chi connectivity index (χ4v) is 3.66. The minimum Gasteiger partial charge on any atom is -0.489 e. The van der Waals surface area contributed by atoms with Crippen LogP contribution in [0.25, 0.3) is 6.08 Å². The first-order valence-corrected chi connectivity index (χ1v) is 10.5. The van der Waals surface area contributed by atoms with Crippen molar-refractivity contribution in [2.45, 2.75) is 13.5 Å². The van der Waals surface area contributed by atoms with Crippen LogP contribution in [-0.4, -0.2) is 18.9 Å². The van der Waals surface area contributed by atoms with Crippen molar-refractivity contribution in [1.82, 2.24) is 0 Å². The van der Waals surface area contributed by atoms with Gasteiger partial charge in [0, 0.05) is 6.07 Å². The average Bonchev–Trinajstić information content (AvgIpc) is 3.10. The molecule has 7 heteroatoms. The van der Waals surface area contributed by atoms with Gasteiger partial charge in [-0.15, -0.1) is 0 Å². The van der Waals surface area contributed by atoms with Gasteiger partial charge in [0.15, 0.2) is 5.76 Å². The molecule has 162 valence electrons. The van der Waals surface area contributed by atoms with Crippen molar-refractivity contribution in [2.75, 3.05) is 7.11 Å². The van der Waals surface area contributed by atoms with Gasteiger partial charge in [-0.1, -0.05) is 41.4 Å². The Morgan fingerprint density at radius 1 is 1.03 bits per heavy atom. The van der Waals surface area contributed by atoms with Crippen molar-refractivity contribution >= 4 is 41.0 Å². The Morgan fingerprint density at radius 3 is 2.47 bits per heavy atom. The summed E-state index contributed by atoms with van der Waals surface area (Å²) in [4.78, 5) is 24.4. The van der Waals surface area contributed by atoms with E-state index in [1.807, 2.05) is 13.0 Å². The number of aryl methyl sites for hydroxylation is 1. The maximum absolute atomic E-state index is 12.9. The number of halogens is 2. The molecule has 4 rings (SSSR count). The molecule has 1 aliphatic heterocycles. The Balaban J connectivity index is 1.52. The Bertz CT molecular complexity index is 1250. The van der Waals surface area contributed by atoms with E-state index in [2.05, 4.69) is 0 Å². The van der Waals surface area contributed by atoms with E-state index >= 15 is 0 Å². The first-order valence-electron chi connectivity index (χ1n) is 9.69. The van der Waals surface area contributed by atoms with E-state index in [0.29, 0.717) is 32.7 Å². The number of carbonyl (C=O) groups excluding carboxylic acids is 2. The van der Waals surface area contributed by atoms with Gasteiger partial charge in [-0.3, -0.25) is 4.79 Å². The van der Waals surface area contributed by atoms with Crippen LogP contribution in [0.5, 0.6) is 11.5 Å². The minimum absolute atomic E-state index is 0.203. The lowest BCUT2D eigenvalue weighted by Crippen LogP contribution is -2.01. The monoisotopic (exact) mass is 468 g/mol. The number of carbonyl (C=O) groups is 2. The molecule has 0 radical (unpaired) electrons. The van der Waals surface area contributed by atoms with E-state index in [1.54, 1.807) is 54.6 Å². The molecule has 0 spiro atoms. The van der Waals surface area contributed by atoms with Crippen LogP contribution in [0.1, 0.15) is 37.4 Å². The number of esters is 1. The number of Topliss-reactive ketones (excluding diaryl/α,β-unsaturated/α-hetero) is 1. The summed E-state index contributed by atoms with van der Waals surface area (Å²) in [5.74, 6) is 0.593. The Hall–Kier alpha value is -3.28. The molecule has 3 aromatic rings. The summed E-state index contributed by atoms with van der Waals surface area (Å²) in [6, 6.07) is 15.5. The molecule has 32 heavy (non-hydrogen) atoms. The highest BCUT2D eigenvalue weighted by Crippen LogP contribution is 2.38. The topological polar surface area (TPSA) is 61.8 Å². The molecule has 5 nitrogen and oxygen atoms in total. The van der Waals surface area contributed by atoms with Crippen LogP contribution in [0.2, 0.25) is 10.0 Å². The normalized spacial score (nSPS) is 13.6. The van der Waals surface area contributed by atoms with E-state index in [1.165, 1.54) is 7.11 Å². The predicted octanol–water partition coefficient (Wildman–Crippen LogP) is 6.28. The number of ether oxygens (including phenoxy) is 3. The molecular weight excluding hydrogens is 451 g/mol. The third-order valence-corrected chi connectivity index (χ3v) is 5.70. The third kappa shape index (κ3) is 4.49. The summed E-state index contributed by atoms with van der Waals surface area (Å²) in [7, 11) is 1.32. The van der Waals surface area contributed by atoms with Crippen molar-refractivity contribution in [3.8, 4) is 11.5 Å². The zero-order valence-corrected chi connectivity index (χ0v) is 18.8. The van der Waals surface area contributed by atoms with Crippen LogP contribution >= 0.6 is 23.2 Å². The van der Waals surface area contributed by atoms with Gasteiger partial charge >= 0.3 is 5.97 Å². The number of hydrogen-bond acceptors (Lipinski definition) is 5. The fraction of sp³-hybridized carbons (Fsp3) is 0.120. The number of hydrogen-bond donors (Lipinski definition) is 0. The maximum atomic E-state index is 12.9. The molecule has 0 N–H and O–H groups in total. The van der Waals surface area contributed by atoms with Gasteiger partial charge in [0.2, 0.25) is 5.78 Å². The number of methoxy groups -OCH3 is 1. The molecule has 1 heterocycles. The Labute approximate surface area is 195 Å². The van der Waals surface area contributed by atoms with Crippen molar-refractivity contribution in [1.29, 1.82) is 0 Å². The first-order chi connectivity index (χ1) is 15.4. The molecule has 0 saturated carbocycles. The summed E-state index contributed by atoms with van der Waals surface area (Å²) >= 11 is 12.0. The lowest BCUT2D eigenvalue weighted by molar-refractivity contribution is 0.0600. The zero-order chi connectivity index (χ0) is 22.8. The summed E-state index contributed by atoms with van der Waals surface area (Å²) in [5, 5.41) is 0.941. The van der Waals surface area contributed by atoms with E-state index in [-0.39, 0.29) is 18.1 Å². The van der Waals surface area contributed by atoms with Gasteiger partial charge in [-0.25, -0.2) is 4.79 Å². The first kappa shape index (κ1) is 21.9. The molecule has 1 aliphatic rings. The van der Waals surface area contributed by atoms with Crippen LogP contribution < -0.4 is 9.47 Å². The van der Waals surface area contributed by atoms with Crippen LogP contribution in [0.4, 0.5) is 0 Å². The molecule has 0 fully saturated rings. The highest BCUT2D eigenvalue weighted by Gasteiger charge is 2.30.